The van der Waals surface area contributed by atoms with E-state index in [9.17, 15) is 0 Å². The van der Waals surface area contributed by atoms with Gasteiger partial charge in [-0.15, -0.1) is 0 Å². The highest BCUT2D eigenvalue weighted by atomic mass is 79.9. The van der Waals surface area contributed by atoms with Crippen LogP contribution in [-0.4, -0.2) is 13.7 Å². The summed E-state index contributed by atoms with van der Waals surface area (Å²) in [6.07, 6.45) is 1.95. The Kier molecular flexibility index (Phi) is 4.97. The molecule has 2 rings (SSSR count). The quantitative estimate of drug-likeness (QED) is 0.803. The van der Waals surface area contributed by atoms with E-state index < -0.39 is 0 Å². The van der Waals surface area contributed by atoms with E-state index in [1.165, 1.54) is 16.7 Å². The van der Waals surface area contributed by atoms with Crippen LogP contribution in [0.1, 0.15) is 16.7 Å². The number of hydrogen-bond acceptors (Lipinski definition) is 1. The molecule has 1 nitrogen and oxygen atoms in total. The molecule has 0 spiro atoms. The van der Waals surface area contributed by atoms with Gasteiger partial charge in [0, 0.05) is 11.6 Å². The van der Waals surface area contributed by atoms with Gasteiger partial charge in [-0.3, -0.25) is 0 Å². The molecule has 94 valence electrons. The van der Waals surface area contributed by atoms with Crippen LogP contribution < -0.4 is 0 Å². The molecule has 18 heavy (non-hydrogen) atoms. The topological polar surface area (TPSA) is 9.23 Å². The molecule has 0 fully saturated rings. The second kappa shape index (κ2) is 6.72. The van der Waals surface area contributed by atoms with Crippen LogP contribution in [0.5, 0.6) is 0 Å². The molecule has 0 aliphatic carbocycles. The minimum absolute atomic E-state index is 0.775. The standard InChI is InChI=1S/C16H17BrO/c1-18-11-10-14-4-2-3-5-15(14)12-13-6-8-16(17)9-7-13/h2-9H,10-12H2,1H3. The smallest absolute Gasteiger partial charge is 0.0502 e. The molecule has 2 heteroatoms. The van der Waals surface area contributed by atoms with E-state index in [4.69, 9.17) is 4.74 Å². The normalized spacial score (nSPS) is 10.6. The Hall–Kier alpha value is -1.12. The fourth-order valence-electron chi connectivity index (χ4n) is 2.01. The Morgan fingerprint density at radius 3 is 2.28 bits per heavy atom. The van der Waals surface area contributed by atoms with Crippen molar-refractivity contribution in [2.24, 2.45) is 0 Å². The molecule has 0 heterocycles. The molecule has 0 saturated heterocycles. The van der Waals surface area contributed by atoms with Gasteiger partial charge in [-0.05, 0) is 41.7 Å². The highest BCUT2D eigenvalue weighted by Crippen LogP contribution is 2.17. The Morgan fingerprint density at radius 1 is 0.944 bits per heavy atom. The Balaban J connectivity index is 2.15. The zero-order valence-electron chi connectivity index (χ0n) is 10.5. The number of halogens is 1. The first kappa shape index (κ1) is 13.3. The van der Waals surface area contributed by atoms with Crippen LogP contribution in [0.3, 0.4) is 0 Å². The van der Waals surface area contributed by atoms with Gasteiger partial charge in [0.2, 0.25) is 0 Å². The molecule has 0 aliphatic rings. The second-order valence-electron chi connectivity index (χ2n) is 4.31. The van der Waals surface area contributed by atoms with Crippen molar-refractivity contribution in [1.29, 1.82) is 0 Å². The van der Waals surface area contributed by atoms with Gasteiger partial charge in [-0.25, -0.2) is 0 Å². The molecule has 2 aromatic rings. The molecule has 0 bridgehead atoms. The predicted molar refractivity (Wildman–Crippen MR) is 79.0 cm³/mol. The van der Waals surface area contributed by atoms with Gasteiger partial charge < -0.3 is 4.74 Å². The summed E-state index contributed by atoms with van der Waals surface area (Å²) in [4.78, 5) is 0. The number of hydrogen-bond donors (Lipinski definition) is 0. The van der Waals surface area contributed by atoms with E-state index in [2.05, 4.69) is 64.5 Å². The van der Waals surface area contributed by atoms with Crippen LogP contribution in [0.15, 0.2) is 53.0 Å². The monoisotopic (exact) mass is 304 g/mol. The Morgan fingerprint density at radius 2 is 1.61 bits per heavy atom. The van der Waals surface area contributed by atoms with Crippen LogP contribution in [0.25, 0.3) is 0 Å². The lowest BCUT2D eigenvalue weighted by Gasteiger charge is -2.09. The van der Waals surface area contributed by atoms with Crippen LogP contribution in [0.2, 0.25) is 0 Å². The summed E-state index contributed by atoms with van der Waals surface area (Å²) in [6.45, 7) is 0.775. The van der Waals surface area contributed by atoms with Gasteiger partial charge >= 0.3 is 0 Å². The summed E-state index contributed by atoms with van der Waals surface area (Å²) in [6, 6.07) is 17.1. The lowest BCUT2D eigenvalue weighted by molar-refractivity contribution is 0.202. The molecule has 0 N–H and O–H groups in total. The maximum Gasteiger partial charge on any atom is 0.0502 e. The molecule has 0 aromatic heterocycles. The van der Waals surface area contributed by atoms with Gasteiger partial charge in [-0.1, -0.05) is 52.3 Å². The third-order valence-corrected chi connectivity index (χ3v) is 3.53. The van der Waals surface area contributed by atoms with Crippen LogP contribution in [-0.2, 0) is 17.6 Å². The van der Waals surface area contributed by atoms with Crippen LogP contribution in [0.4, 0.5) is 0 Å². The molecule has 0 saturated carbocycles. The molecule has 0 atom stereocenters. The summed E-state index contributed by atoms with van der Waals surface area (Å²) in [5, 5.41) is 0. The summed E-state index contributed by atoms with van der Waals surface area (Å²) in [5.41, 5.74) is 4.10. The van der Waals surface area contributed by atoms with E-state index in [1.54, 1.807) is 7.11 Å². The molecular formula is C16H17BrO. The maximum absolute atomic E-state index is 5.16. The number of rotatable bonds is 5. The van der Waals surface area contributed by atoms with Crippen molar-refractivity contribution in [3.63, 3.8) is 0 Å². The van der Waals surface area contributed by atoms with Gasteiger partial charge in [0.05, 0.1) is 6.61 Å². The first-order chi connectivity index (χ1) is 8.79. The van der Waals surface area contributed by atoms with Gasteiger partial charge in [-0.2, -0.15) is 0 Å². The Labute approximate surface area is 117 Å². The van der Waals surface area contributed by atoms with Crippen molar-refractivity contribution < 1.29 is 4.74 Å². The SMILES string of the molecule is COCCc1ccccc1Cc1ccc(Br)cc1. The molecule has 0 unspecified atom stereocenters. The summed E-state index contributed by atoms with van der Waals surface area (Å²) < 4.78 is 6.28. The highest BCUT2D eigenvalue weighted by Gasteiger charge is 2.03. The lowest BCUT2D eigenvalue weighted by atomic mass is 9.98. The minimum Gasteiger partial charge on any atom is -0.384 e. The fraction of sp³-hybridized carbons (Fsp3) is 0.250. The summed E-state index contributed by atoms with van der Waals surface area (Å²) in [5.74, 6) is 0. The number of methoxy groups -OCH3 is 1. The third kappa shape index (κ3) is 3.69. The van der Waals surface area contributed by atoms with Crippen molar-refractivity contribution in [3.8, 4) is 0 Å². The molecule has 2 aromatic carbocycles. The zero-order chi connectivity index (χ0) is 12.8. The maximum atomic E-state index is 5.16. The van der Waals surface area contributed by atoms with Crippen molar-refractivity contribution in [1.82, 2.24) is 0 Å². The average Bonchev–Trinajstić information content (AvgIpc) is 2.40. The van der Waals surface area contributed by atoms with Gasteiger partial charge in [0.1, 0.15) is 0 Å². The number of ether oxygens (including phenoxy) is 1. The largest absolute Gasteiger partial charge is 0.384 e. The predicted octanol–water partition coefficient (Wildman–Crippen LogP) is 4.23. The van der Waals surface area contributed by atoms with E-state index in [0.29, 0.717) is 0 Å². The van der Waals surface area contributed by atoms with Gasteiger partial charge in [0.15, 0.2) is 0 Å². The first-order valence-corrected chi connectivity index (χ1v) is 6.89. The lowest BCUT2D eigenvalue weighted by Crippen LogP contribution is -2.00. The fourth-order valence-corrected chi connectivity index (χ4v) is 2.27. The van der Waals surface area contributed by atoms with E-state index in [0.717, 1.165) is 23.9 Å². The van der Waals surface area contributed by atoms with Gasteiger partial charge in [0.25, 0.3) is 0 Å². The van der Waals surface area contributed by atoms with Crippen molar-refractivity contribution in [2.45, 2.75) is 12.8 Å². The summed E-state index contributed by atoms with van der Waals surface area (Å²) in [7, 11) is 1.75. The van der Waals surface area contributed by atoms with Crippen LogP contribution in [0, 0.1) is 0 Å². The van der Waals surface area contributed by atoms with Crippen molar-refractivity contribution in [2.75, 3.05) is 13.7 Å². The first-order valence-electron chi connectivity index (χ1n) is 6.10. The van der Waals surface area contributed by atoms with Crippen molar-refractivity contribution in [3.05, 3.63) is 69.7 Å². The second-order valence-corrected chi connectivity index (χ2v) is 5.23. The summed E-state index contributed by atoms with van der Waals surface area (Å²) >= 11 is 3.46. The third-order valence-electron chi connectivity index (χ3n) is 3.00. The highest BCUT2D eigenvalue weighted by molar-refractivity contribution is 9.10. The molecule has 0 radical (unpaired) electrons. The Bertz CT molecular complexity index is 491. The minimum atomic E-state index is 0.775. The van der Waals surface area contributed by atoms with Crippen molar-refractivity contribution >= 4 is 15.9 Å². The molecule has 0 amide bonds. The van der Waals surface area contributed by atoms with Crippen LogP contribution >= 0.6 is 15.9 Å². The van der Waals surface area contributed by atoms with E-state index in [-0.39, 0.29) is 0 Å². The number of benzene rings is 2. The van der Waals surface area contributed by atoms with E-state index in [1.807, 2.05) is 0 Å². The average molecular weight is 305 g/mol. The molecular weight excluding hydrogens is 288 g/mol. The zero-order valence-corrected chi connectivity index (χ0v) is 12.1. The van der Waals surface area contributed by atoms with E-state index >= 15 is 0 Å². The molecule has 0 aliphatic heterocycles.